The van der Waals surface area contributed by atoms with Crippen molar-refractivity contribution in [3.05, 3.63) is 102 Å². The summed E-state index contributed by atoms with van der Waals surface area (Å²) >= 11 is 0. The molecule has 0 aliphatic heterocycles. The summed E-state index contributed by atoms with van der Waals surface area (Å²) in [7, 11) is -6.06. The Morgan fingerprint density at radius 1 is 0.857 bits per heavy atom. The van der Waals surface area contributed by atoms with Crippen LogP contribution in [-0.4, -0.2) is 30.0 Å². The molecule has 0 saturated heterocycles. The number of oxime groups is 1. The lowest BCUT2D eigenvalue weighted by molar-refractivity contribution is -0.0540. The maximum atomic E-state index is 13.4. The zero-order valence-corrected chi connectivity index (χ0v) is 18.7. The highest BCUT2D eigenvalue weighted by atomic mass is 32.2. The normalized spacial score (nSPS) is 12.5. The summed E-state index contributed by atoms with van der Waals surface area (Å²) < 4.78 is 72.6. The Morgan fingerprint density at radius 3 is 2.14 bits per heavy atom. The average molecular weight is 502 g/mol. The van der Waals surface area contributed by atoms with Crippen molar-refractivity contribution in [2.45, 2.75) is 12.2 Å². The lowest BCUT2D eigenvalue weighted by atomic mass is 9.95. The summed E-state index contributed by atoms with van der Waals surface area (Å²) in [6.07, 6.45) is 3.63. The molecule has 0 radical (unpaired) electrons. The monoisotopic (exact) mass is 502 g/mol. The summed E-state index contributed by atoms with van der Waals surface area (Å²) in [5.41, 5.74) is -6.16. The number of hydrogen-bond acceptors (Lipinski definition) is 6. The third-order valence-electron chi connectivity index (χ3n) is 4.94. The molecule has 0 unspecified atom stereocenters. The number of nitrogens with zero attached hydrogens (tertiary/aromatic N) is 2. The first kappa shape index (κ1) is 24.0. The molecule has 1 aromatic heterocycles. The lowest BCUT2D eigenvalue weighted by Crippen LogP contribution is -2.25. The second kappa shape index (κ2) is 9.63. The van der Waals surface area contributed by atoms with E-state index in [9.17, 15) is 26.4 Å². The van der Waals surface area contributed by atoms with Gasteiger partial charge in [0.2, 0.25) is 5.78 Å². The average Bonchev–Trinajstić information content (AvgIpc) is 3.36. The fourth-order valence-corrected chi connectivity index (χ4v) is 3.53. The highest BCUT2D eigenvalue weighted by Gasteiger charge is 2.49. The van der Waals surface area contributed by atoms with Crippen LogP contribution in [0.3, 0.4) is 0 Å². The molecule has 11 heteroatoms. The molecule has 0 fully saturated rings. The summed E-state index contributed by atoms with van der Waals surface area (Å²) in [6, 6.07) is 20.9. The molecule has 0 spiro atoms. The van der Waals surface area contributed by atoms with E-state index in [4.69, 9.17) is 4.74 Å². The Morgan fingerprint density at radius 2 is 1.49 bits per heavy atom. The molecule has 0 atom stereocenters. The van der Waals surface area contributed by atoms with Crippen molar-refractivity contribution in [2.24, 2.45) is 5.16 Å². The number of rotatable bonds is 8. The number of carbonyl (C=O) groups excluding carboxylic acids is 1. The highest BCUT2D eigenvalue weighted by molar-refractivity contribution is 7.87. The molecule has 4 rings (SSSR count). The number of aromatic nitrogens is 1. The maximum Gasteiger partial charge on any atom is 0.536 e. The number of halogens is 3. The molecular formula is C24H17F3N2O5S. The minimum Gasteiger partial charge on any atom is -0.472 e. The zero-order valence-electron chi connectivity index (χ0n) is 17.8. The molecule has 0 N–H and O–H groups in total. The van der Waals surface area contributed by atoms with E-state index in [0.717, 1.165) is 0 Å². The molecular weight excluding hydrogens is 485 g/mol. The standard InChI is InChI=1S/C24H17F3N2O5S/c25-24(26,27)35(31,32)34-28-22(17-8-2-1-3-9-17)23(30)20-12-13-21(19-11-5-4-10-18(19)20)33-16-29-14-6-7-15-29/h1-15H,16H2/b28-22+. The molecule has 0 saturated carbocycles. The van der Waals surface area contributed by atoms with Gasteiger partial charge < -0.3 is 9.30 Å². The van der Waals surface area contributed by atoms with Gasteiger partial charge in [0, 0.05) is 28.9 Å². The Labute approximate surface area is 198 Å². The van der Waals surface area contributed by atoms with Gasteiger partial charge in [-0.1, -0.05) is 59.8 Å². The number of carbonyl (C=O) groups is 1. The van der Waals surface area contributed by atoms with E-state index in [1.807, 2.05) is 24.5 Å². The molecule has 1 heterocycles. The fraction of sp³-hybridized carbons (Fsp3) is 0.0833. The van der Waals surface area contributed by atoms with Crippen LogP contribution in [-0.2, 0) is 21.1 Å². The second-order valence-electron chi connectivity index (χ2n) is 7.24. The minimum atomic E-state index is -6.06. The minimum absolute atomic E-state index is 0.0736. The number of benzene rings is 3. The Hall–Kier alpha value is -4.12. The fourth-order valence-electron chi connectivity index (χ4n) is 3.27. The molecule has 7 nitrogen and oxygen atoms in total. The van der Waals surface area contributed by atoms with Gasteiger partial charge >= 0.3 is 15.6 Å². The molecule has 180 valence electrons. The van der Waals surface area contributed by atoms with Gasteiger partial charge in [-0.05, 0) is 29.7 Å². The Balaban J connectivity index is 1.75. The summed E-state index contributed by atoms with van der Waals surface area (Å²) in [6.45, 7) is 0.212. The van der Waals surface area contributed by atoms with Crippen molar-refractivity contribution in [3.8, 4) is 5.75 Å². The first-order chi connectivity index (χ1) is 16.7. The van der Waals surface area contributed by atoms with E-state index in [-0.39, 0.29) is 17.9 Å². The van der Waals surface area contributed by atoms with Crippen molar-refractivity contribution < 1.29 is 35.4 Å². The van der Waals surface area contributed by atoms with Crippen LogP contribution in [0.5, 0.6) is 5.75 Å². The predicted octanol–water partition coefficient (Wildman–Crippen LogP) is 5.13. The SMILES string of the molecule is O=C(/C(=N/OS(=O)(=O)C(F)(F)F)c1ccccc1)c1ccc(OCn2cccc2)c2ccccc12. The second-order valence-corrected chi connectivity index (χ2v) is 8.76. The van der Waals surface area contributed by atoms with E-state index in [2.05, 4.69) is 9.44 Å². The van der Waals surface area contributed by atoms with E-state index < -0.39 is 27.1 Å². The van der Waals surface area contributed by atoms with Gasteiger partial charge in [-0.15, -0.1) is 0 Å². The number of ether oxygens (including phenoxy) is 1. The third-order valence-corrected chi connectivity index (χ3v) is 5.77. The zero-order chi connectivity index (χ0) is 25.1. The van der Waals surface area contributed by atoms with Crippen molar-refractivity contribution >= 4 is 32.4 Å². The molecule has 0 aliphatic carbocycles. The first-order valence-electron chi connectivity index (χ1n) is 10.1. The summed E-state index contributed by atoms with van der Waals surface area (Å²) in [5, 5.41) is 4.14. The maximum absolute atomic E-state index is 13.4. The lowest BCUT2D eigenvalue weighted by Gasteiger charge is -2.13. The molecule has 3 aromatic carbocycles. The van der Waals surface area contributed by atoms with Crippen molar-refractivity contribution in [1.82, 2.24) is 4.57 Å². The van der Waals surface area contributed by atoms with E-state index in [1.165, 1.54) is 30.3 Å². The van der Waals surface area contributed by atoms with Crippen LogP contribution in [0.25, 0.3) is 10.8 Å². The van der Waals surface area contributed by atoms with Gasteiger partial charge in [0.1, 0.15) is 5.75 Å². The van der Waals surface area contributed by atoms with Gasteiger partial charge in [0.15, 0.2) is 12.4 Å². The van der Waals surface area contributed by atoms with Gasteiger partial charge in [0.25, 0.3) is 0 Å². The van der Waals surface area contributed by atoms with Crippen molar-refractivity contribution in [1.29, 1.82) is 0 Å². The smallest absolute Gasteiger partial charge is 0.472 e. The largest absolute Gasteiger partial charge is 0.536 e. The van der Waals surface area contributed by atoms with E-state index >= 15 is 0 Å². The van der Waals surface area contributed by atoms with Crippen LogP contribution in [0, 0.1) is 0 Å². The number of alkyl halides is 3. The molecule has 35 heavy (non-hydrogen) atoms. The van der Waals surface area contributed by atoms with Crippen molar-refractivity contribution in [3.63, 3.8) is 0 Å². The van der Waals surface area contributed by atoms with Gasteiger partial charge in [-0.25, -0.2) is 0 Å². The Bertz CT molecular complexity index is 1480. The van der Waals surface area contributed by atoms with Crippen LogP contribution in [0.2, 0.25) is 0 Å². The molecule has 0 aliphatic rings. The van der Waals surface area contributed by atoms with Crippen LogP contribution < -0.4 is 4.74 Å². The predicted molar refractivity (Wildman–Crippen MR) is 122 cm³/mol. The third kappa shape index (κ3) is 5.19. The topological polar surface area (TPSA) is 87.0 Å². The van der Waals surface area contributed by atoms with Gasteiger partial charge in [0.05, 0.1) is 0 Å². The number of ketones is 1. The van der Waals surface area contributed by atoms with Gasteiger partial charge in [-0.3, -0.25) is 9.08 Å². The highest BCUT2D eigenvalue weighted by Crippen LogP contribution is 2.30. The Kier molecular flexibility index (Phi) is 6.61. The van der Waals surface area contributed by atoms with Crippen LogP contribution >= 0.6 is 0 Å². The molecule has 0 bridgehead atoms. The van der Waals surface area contributed by atoms with Crippen LogP contribution in [0.1, 0.15) is 15.9 Å². The van der Waals surface area contributed by atoms with E-state index in [0.29, 0.717) is 16.5 Å². The van der Waals surface area contributed by atoms with Crippen molar-refractivity contribution in [2.75, 3.05) is 0 Å². The van der Waals surface area contributed by atoms with Crippen LogP contribution in [0.15, 0.2) is 96.4 Å². The molecule has 4 aromatic rings. The summed E-state index contributed by atoms with van der Waals surface area (Å²) in [4.78, 5) is 13.4. The number of fused-ring (bicyclic) bond motifs is 1. The van der Waals surface area contributed by atoms with E-state index in [1.54, 1.807) is 41.0 Å². The van der Waals surface area contributed by atoms with Crippen LogP contribution in [0.4, 0.5) is 13.2 Å². The number of hydrogen-bond donors (Lipinski definition) is 0. The quantitative estimate of drug-likeness (QED) is 0.144. The number of Topliss-reactive ketones (excluding diaryl/α,β-unsaturated/α-hetero) is 1. The first-order valence-corrected chi connectivity index (χ1v) is 11.5. The molecule has 0 amide bonds. The summed E-state index contributed by atoms with van der Waals surface area (Å²) in [5.74, 6) is -0.360. The van der Waals surface area contributed by atoms with Gasteiger partial charge in [-0.2, -0.15) is 21.6 Å².